The van der Waals surface area contributed by atoms with Gasteiger partial charge in [0.2, 0.25) is 5.91 Å². The van der Waals surface area contributed by atoms with Crippen molar-refractivity contribution in [3.8, 4) is 11.8 Å². The number of likely N-dealkylation sites (tertiary alicyclic amines) is 1. The van der Waals surface area contributed by atoms with Crippen LogP contribution in [-0.2, 0) is 4.79 Å². The van der Waals surface area contributed by atoms with Crippen molar-refractivity contribution in [1.29, 1.82) is 5.26 Å². The molecule has 2 aromatic rings. The molecule has 1 saturated carbocycles. The molecule has 6 nitrogen and oxygen atoms in total. The van der Waals surface area contributed by atoms with Crippen molar-refractivity contribution in [2.45, 2.75) is 76.8 Å². The molecule has 1 aliphatic heterocycles. The molecule has 1 N–H and O–H groups in total. The molecule has 2 aliphatic rings. The van der Waals surface area contributed by atoms with E-state index in [9.17, 15) is 4.79 Å². The molecular formula is C23H29ClN4O2. The van der Waals surface area contributed by atoms with Crippen molar-refractivity contribution in [1.82, 2.24) is 14.9 Å². The third-order valence-corrected chi connectivity index (χ3v) is 7.47. The number of aromatic nitrogens is 2. The smallest absolute Gasteiger partial charge is 0.230 e. The third kappa shape index (κ3) is 3.54. The Kier molecular flexibility index (Phi) is 5.67. The van der Waals surface area contributed by atoms with E-state index in [1.54, 1.807) is 13.3 Å². The summed E-state index contributed by atoms with van der Waals surface area (Å²) in [7, 11) is 1.56. The summed E-state index contributed by atoms with van der Waals surface area (Å²) >= 11 is 6.58. The van der Waals surface area contributed by atoms with Gasteiger partial charge < -0.3 is 14.6 Å². The standard InChI is InChI=1S/C23H29ClN4O2/c1-14(17-12-26-21-19(17)20(24)18(30-3)13-27-21)22(29)28-15-6-4-8-23(2,10-15)11-16(28)7-5-9-25/h12-16H,4-8,10-11H2,1-3H3,(H,26,27). The lowest BCUT2D eigenvalue weighted by molar-refractivity contribution is -0.145. The van der Waals surface area contributed by atoms with Gasteiger partial charge in [-0.2, -0.15) is 5.26 Å². The Morgan fingerprint density at radius 3 is 3.07 bits per heavy atom. The van der Waals surface area contributed by atoms with Gasteiger partial charge in [0.05, 0.1) is 30.3 Å². The first-order valence-electron chi connectivity index (χ1n) is 10.8. The summed E-state index contributed by atoms with van der Waals surface area (Å²) < 4.78 is 5.33. The van der Waals surface area contributed by atoms with Crippen molar-refractivity contribution in [3.63, 3.8) is 0 Å². The number of methoxy groups -OCH3 is 1. The summed E-state index contributed by atoms with van der Waals surface area (Å²) in [4.78, 5) is 23.5. The highest BCUT2D eigenvalue weighted by Crippen LogP contribution is 2.48. The summed E-state index contributed by atoms with van der Waals surface area (Å²) in [5.41, 5.74) is 1.78. The van der Waals surface area contributed by atoms with Crippen molar-refractivity contribution in [2.24, 2.45) is 5.41 Å². The Morgan fingerprint density at radius 2 is 2.33 bits per heavy atom. The number of aromatic amines is 1. The van der Waals surface area contributed by atoms with Crippen molar-refractivity contribution in [2.75, 3.05) is 7.11 Å². The number of hydrogen-bond acceptors (Lipinski definition) is 4. The molecule has 2 fully saturated rings. The molecule has 1 amide bonds. The second kappa shape index (κ2) is 8.11. The number of ether oxygens (including phenoxy) is 1. The monoisotopic (exact) mass is 428 g/mol. The van der Waals surface area contributed by atoms with Gasteiger partial charge in [0.15, 0.2) is 5.75 Å². The zero-order valence-corrected chi connectivity index (χ0v) is 18.6. The predicted octanol–water partition coefficient (Wildman–Crippen LogP) is 5.18. The number of carbonyl (C=O) groups excluding carboxylic acids is 1. The number of nitrogens with one attached hydrogen (secondary N) is 1. The van der Waals surface area contributed by atoms with Crippen LogP contribution in [0.2, 0.25) is 5.02 Å². The van der Waals surface area contributed by atoms with Crippen LogP contribution < -0.4 is 4.74 Å². The SMILES string of the molecule is COc1cnc2[nH]cc(C(C)C(=O)N3C(CCC#N)CC4(C)CCCC3C4)c2c1Cl. The van der Waals surface area contributed by atoms with Gasteiger partial charge in [-0.1, -0.05) is 24.9 Å². The average molecular weight is 429 g/mol. The molecule has 1 aliphatic carbocycles. The Bertz CT molecular complexity index is 997. The van der Waals surface area contributed by atoms with Gasteiger partial charge in [-0.25, -0.2) is 4.98 Å². The minimum absolute atomic E-state index is 0.117. The highest BCUT2D eigenvalue weighted by molar-refractivity contribution is 6.37. The number of amides is 1. The molecule has 30 heavy (non-hydrogen) atoms. The van der Waals surface area contributed by atoms with Gasteiger partial charge in [-0.15, -0.1) is 0 Å². The number of fused-ring (bicyclic) bond motifs is 3. The first-order valence-corrected chi connectivity index (χ1v) is 11.1. The summed E-state index contributed by atoms with van der Waals surface area (Å²) in [6.45, 7) is 4.29. The van der Waals surface area contributed by atoms with Crippen LogP contribution >= 0.6 is 11.6 Å². The Balaban J connectivity index is 1.68. The highest BCUT2D eigenvalue weighted by Gasteiger charge is 2.46. The van der Waals surface area contributed by atoms with E-state index in [-0.39, 0.29) is 29.3 Å². The highest BCUT2D eigenvalue weighted by atomic mass is 35.5. The van der Waals surface area contributed by atoms with Crippen molar-refractivity contribution < 1.29 is 9.53 Å². The minimum atomic E-state index is -0.360. The molecule has 2 aromatic heterocycles. The van der Waals surface area contributed by atoms with E-state index >= 15 is 0 Å². The number of carbonyl (C=O) groups is 1. The molecule has 7 heteroatoms. The summed E-state index contributed by atoms with van der Waals surface area (Å²) in [5.74, 6) is 0.255. The van der Waals surface area contributed by atoms with Crippen LogP contribution in [0.1, 0.15) is 70.3 Å². The van der Waals surface area contributed by atoms with Crippen LogP contribution in [0.15, 0.2) is 12.4 Å². The van der Waals surface area contributed by atoms with E-state index in [0.717, 1.165) is 43.1 Å². The van der Waals surface area contributed by atoms with Crippen molar-refractivity contribution in [3.05, 3.63) is 23.0 Å². The molecule has 0 spiro atoms. The van der Waals surface area contributed by atoms with Crippen LogP contribution in [0, 0.1) is 16.7 Å². The van der Waals surface area contributed by atoms with Gasteiger partial charge in [0, 0.05) is 30.1 Å². The van der Waals surface area contributed by atoms with Crippen LogP contribution in [0.25, 0.3) is 11.0 Å². The number of halogens is 1. The third-order valence-electron chi connectivity index (χ3n) is 7.10. The molecule has 0 aromatic carbocycles. The van der Waals surface area contributed by atoms with E-state index in [2.05, 4.69) is 27.9 Å². The number of rotatable bonds is 5. The predicted molar refractivity (Wildman–Crippen MR) is 117 cm³/mol. The van der Waals surface area contributed by atoms with Crippen LogP contribution in [0.4, 0.5) is 0 Å². The Hall–Kier alpha value is -2.26. The summed E-state index contributed by atoms with van der Waals surface area (Å²) in [5, 5.41) is 10.4. The zero-order valence-electron chi connectivity index (χ0n) is 17.9. The average Bonchev–Trinajstić information content (AvgIpc) is 3.16. The molecular weight excluding hydrogens is 400 g/mol. The molecule has 1 saturated heterocycles. The van der Waals surface area contributed by atoms with Gasteiger partial charge in [0.25, 0.3) is 0 Å². The number of pyridine rings is 1. The fourth-order valence-corrected chi connectivity index (χ4v) is 5.99. The number of H-pyrrole nitrogens is 1. The lowest BCUT2D eigenvalue weighted by atomic mass is 9.65. The summed E-state index contributed by atoms with van der Waals surface area (Å²) in [6, 6.07) is 2.65. The maximum absolute atomic E-state index is 13.8. The first kappa shape index (κ1) is 21.0. The number of nitrogens with zero attached hydrogens (tertiary/aromatic N) is 3. The van der Waals surface area contributed by atoms with Gasteiger partial charge in [-0.3, -0.25) is 4.79 Å². The molecule has 4 atom stereocenters. The molecule has 160 valence electrons. The molecule has 0 radical (unpaired) electrons. The lowest BCUT2D eigenvalue weighted by Gasteiger charge is -2.53. The van der Waals surface area contributed by atoms with E-state index in [4.69, 9.17) is 21.6 Å². The van der Waals surface area contributed by atoms with Gasteiger partial charge in [-0.05, 0) is 50.0 Å². The zero-order chi connectivity index (χ0) is 21.5. The van der Waals surface area contributed by atoms with Crippen LogP contribution in [0.3, 0.4) is 0 Å². The minimum Gasteiger partial charge on any atom is -0.494 e. The number of hydrogen-bond donors (Lipinski definition) is 1. The second-order valence-electron chi connectivity index (χ2n) is 9.19. The maximum atomic E-state index is 13.8. The van der Waals surface area contributed by atoms with Crippen molar-refractivity contribution >= 4 is 28.5 Å². The Labute approximate surface area is 182 Å². The topological polar surface area (TPSA) is 82.0 Å². The first-order chi connectivity index (χ1) is 14.4. The molecule has 4 unspecified atom stereocenters. The lowest BCUT2D eigenvalue weighted by Crippen LogP contribution is -2.57. The van der Waals surface area contributed by atoms with E-state index in [1.165, 1.54) is 6.42 Å². The fourth-order valence-electron chi connectivity index (χ4n) is 5.66. The van der Waals surface area contributed by atoms with Gasteiger partial charge in [0.1, 0.15) is 5.65 Å². The maximum Gasteiger partial charge on any atom is 0.230 e. The Morgan fingerprint density at radius 1 is 1.53 bits per heavy atom. The fraction of sp³-hybridized carbons (Fsp3) is 0.609. The number of piperidine rings is 1. The molecule has 3 heterocycles. The van der Waals surface area contributed by atoms with Gasteiger partial charge >= 0.3 is 0 Å². The van der Waals surface area contributed by atoms with Crippen LogP contribution in [-0.4, -0.2) is 40.0 Å². The normalized spacial score (nSPS) is 27.0. The van der Waals surface area contributed by atoms with E-state index in [0.29, 0.717) is 22.8 Å². The summed E-state index contributed by atoms with van der Waals surface area (Å²) in [6.07, 6.45) is 10.1. The number of nitriles is 1. The molecule has 4 rings (SSSR count). The van der Waals surface area contributed by atoms with E-state index in [1.807, 2.05) is 13.1 Å². The van der Waals surface area contributed by atoms with Crippen LogP contribution in [0.5, 0.6) is 5.75 Å². The second-order valence-corrected chi connectivity index (χ2v) is 9.57. The van der Waals surface area contributed by atoms with E-state index < -0.39 is 0 Å². The molecule has 2 bridgehead atoms. The quantitative estimate of drug-likeness (QED) is 0.711. The largest absolute Gasteiger partial charge is 0.494 e.